The molecular weight excluding hydrogens is 753 g/mol. The maximum atomic E-state index is 5.23. The molecule has 4 nitrogen and oxygen atoms in total. The summed E-state index contributed by atoms with van der Waals surface area (Å²) >= 11 is 0. The van der Waals surface area contributed by atoms with Gasteiger partial charge in [0.2, 0.25) is 5.95 Å². The van der Waals surface area contributed by atoms with Gasteiger partial charge in [-0.2, -0.15) is 9.97 Å². The molecule has 0 radical (unpaired) electrons. The number of fused-ring (bicyclic) bond motifs is 6. The third-order valence-corrected chi connectivity index (χ3v) is 12.6. The summed E-state index contributed by atoms with van der Waals surface area (Å²) in [7, 11) is 0. The van der Waals surface area contributed by atoms with Gasteiger partial charge in [0, 0.05) is 21.9 Å². The lowest BCUT2D eigenvalue weighted by Crippen LogP contribution is -2.28. The molecule has 1 aliphatic rings. The molecule has 4 heteroatoms. The van der Waals surface area contributed by atoms with Crippen LogP contribution in [0.1, 0.15) is 22.3 Å². The Labute approximate surface area is 360 Å². The summed E-state index contributed by atoms with van der Waals surface area (Å²) in [4.78, 5) is 15.5. The minimum Gasteiger partial charge on any atom is -0.278 e. The molecule has 0 aliphatic heterocycles. The smallest absolute Gasteiger partial charge is 0.238 e. The first-order valence-corrected chi connectivity index (χ1v) is 21.1. The average molecular weight is 791 g/mol. The van der Waals surface area contributed by atoms with Crippen molar-refractivity contribution in [3.05, 3.63) is 253 Å². The van der Waals surface area contributed by atoms with E-state index >= 15 is 0 Å². The average Bonchev–Trinajstić information content (AvgIpc) is 3.85. The van der Waals surface area contributed by atoms with Gasteiger partial charge < -0.3 is 0 Å². The van der Waals surface area contributed by atoms with Gasteiger partial charge in [-0.15, -0.1) is 0 Å². The zero-order valence-electron chi connectivity index (χ0n) is 33.7. The van der Waals surface area contributed by atoms with Crippen LogP contribution in [-0.2, 0) is 5.41 Å². The largest absolute Gasteiger partial charge is 0.278 e. The molecule has 9 aromatic carbocycles. The summed E-state index contributed by atoms with van der Waals surface area (Å²) in [6, 6.07) is 82.4. The van der Waals surface area contributed by atoms with Crippen molar-refractivity contribution in [2.75, 3.05) is 0 Å². The van der Waals surface area contributed by atoms with E-state index in [1.54, 1.807) is 0 Å². The Bertz CT molecular complexity index is 3390. The number of hydrogen-bond acceptors (Lipinski definition) is 3. The van der Waals surface area contributed by atoms with Gasteiger partial charge in [0.25, 0.3) is 0 Å². The van der Waals surface area contributed by atoms with E-state index in [0.717, 1.165) is 44.1 Å². The van der Waals surface area contributed by atoms with E-state index in [-0.39, 0.29) is 0 Å². The highest BCUT2D eigenvalue weighted by Gasteiger charge is 2.46. The monoisotopic (exact) mass is 790 g/mol. The van der Waals surface area contributed by atoms with Crippen LogP contribution >= 0.6 is 0 Å². The molecule has 11 aromatic rings. The Kier molecular flexibility index (Phi) is 8.36. The fourth-order valence-corrected chi connectivity index (χ4v) is 9.74. The Morgan fingerprint density at radius 1 is 0.306 bits per heavy atom. The third-order valence-electron chi connectivity index (χ3n) is 12.6. The van der Waals surface area contributed by atoms with Crippen molar-refractivity contribution < 1.29 is 0 Å². The number of aromatic nitrogens is 4. The Morgan fingerprint density at radius 2 is 0.774 bits per heavy atom. The Hall–Kier alpha value is -8.21. The zero-order valence-corrected chi connectivity index (χ0v) is 33.7. The van der Waals surface area contributed by atoms with E-state index in [4.69, 9.17) is 15.0 Å². The van der Waals surface area contributed by atoms with Crippen molar-refractivity contribution >= 4 is 21.8 Å². The molecule has 0 amide bonds. The second-order valence-electron chi connectivity index (χ2n) is 16.0. The molecule has 2 heterocycles. The van der Waals surface area contributed by atoms with Crippen molar-refractivity contribution in [1.82, 2.24) is 19.5 Å². The van der Waals surface area contributed by atoms with Crippen molar-refractivity contribution in [3.8, 4) is 62.1 Å². The predicted octanol–water partition coefficient (Wildman–Crippen LogP) is 14.0. The van der Waals surface area contributed by atoms with Gasteiger partial charge in [-0.05, 0) is 79.9 Å². The quantitative estimate of drug-likeness (QED) is 0.161. The lowest BCUT2D eigenvalue weighted by atomic mass is 9.67. The van der Waals surface area contributed by atoms with Gasteiger partial charge in [0.15, 0.2) is 11.6 Å². The van der Waals surface area contributed by atoms with E-state index in [0.29, 0.717) is 17.6 Å². The van der Waals surface area contributed by atoms with Gasteiger partial charge in [-0.25, -0.2) is 4.98 Å². The highest BCUT2D eigenvalue weighted by molar-refractivity contribution is 6.10. The highest BCUT2D eigenvalue weighted by atomic mass is 15.2. The van der Waals surface area contributed by atoms with Gasteiger partial charge in [0.1, 0.15) is 0 Å². The fraction of sp³-hybridized carbons (Fsp3) is 0.0172. The first kappa shape index (κ1) is 35.7. The summed E-state index contributed by atoms with van der Waals surface area (Å²) in [6.45, 7) is 0. The molecule has 0 N–H and O–H groups in total. The van der Waals surface area contributed by atoms with E-state index in [1.165, 1.54) is 44.5 Å². The normalized spacial score (nSPS) is 12.6. The van der Waals surface area contributed by atoms with Gasteiger partial charge in [-0.3, -0.25) is 4.57 Å². The third kappa shape index (κ3) is 5.65. The molecule has 12 rings (SSSR count). The summed E-state index contributed by atoms with van der Waals surface area (Å²) in [5, 5.41) is 2.27. The summed E-state index contributed by atoms with van der Waals surface area (Å²) < 4.78 is 2.19. The van der Waals surface area contributed by atoms with Crippen LogP contribution in [0.3, 0.4) is 0 Å². The molecule has 290 valence electrons. The zero-order chi connectivity index (χ0) is 41.0. The molecule has 1 aliphatic carbocycles. The molecule has 0 saturated carbocycles. The molecule has 0 spiro atoms. The summed E-state index contributed by atoms with van der Waals surface area (Å²) in [5.74, 6) is 1.82. The maximum absolute atomic E-state index is 5.23. The minimum absolute atomic E-state index is 0.473. The topological polar surface area (TPSA) is 43.6 Å². The lowest BCUT2D eigenvalue weighted by molar-refractivity contribution is 0.769. The number of benzene rings is 9. The molecule has 0 unspecified atom stereocenters. The summed E-state index contributed by atoms with van der Waals surface area (Å²) in [5.41, 5.74) is 15.7. The highest BCUT2D eigenvalue weighted by Crippen LogP contribution is 2.56. The van der Waals surface area contributed by atoms with Crippen LogP contribution in [0.4, 0.5) is 0 Å². The van der Waals surface area contributed by atoms with Gasteiger partial charge in [-0.1, -0.05) is 206 Å². The van der Waals surface area contributed by atoms with Crippen LogP contribution in [0.2, 0.25) is 0 Å². The van der Waals surface area contributed by atoms with Gasteiger partial charge >= 0.3 is 0 Å². The van der Waals surface area contributed by atoms with Crippen LogP contribution in [0.15, 0.2) is 231 Å². The molecule has 0 bridgehead atoms. The number of nitrogens with zero attached hydrogens (tertiary/aromatic N) is 4. The Morgan fingerprint density at radius 3 is 1.47 bits per heavy atom. The van der Waals surface area contributed by atoms with Crippen LogP contribution < -0.4 is 0 Å². The number of hydrogen-bond donors (Lipinski definition) is 0. The lowest BCUT2D eigenvalue weighted by Gasteiger charge is -2.34. The van der Waals surface area contributed by atoms with Crippen molar-refractivity contribution in [2.45, 2.75) is 5.41 Å². The molecular formula is C58H38N4. The molecule has 2 aromatic heterocycles. The van der Waals surface area contributed by atoms with Crippen molar-refractivity contribution in [3.63, 3.8) is 0 Å². The molecule has 0 saturated heterocycles. The van der Waals surface area contributed by atoms with Crippen molar-refractivity contribution in [2.24, 2.45) is 0 Å². The fourth-order valence-electron chi connectivity index (χ4n) is 9.74. The minimum atomic E-state index is -0.473. The van der Waals surface area contributed by atoms with E-state index in [2.05, 4.69) is 211 Å². The maximum Gasteiger partial charge on any atom is 0.238 e. The molecule has 0 fully saturated rings. The van der Waals surface area contributed by atoms with E-state index < -0.39 is 5.41 Å². The molecule has 0 atom stereocenters. The number of para-hydroxylation sites is 1. The second-order valence-corrected chi connectivity index (χ2v) is 16.0. The summed E-state index contributed by atoms with van der Waals surface area (Å²) in [6.07, 6.45) is 0. The second kappa shape index (κ2) is 14.5. The first-order chi connectivity index (χ1) is 30.7. The van der Waals surface area contributed by atoms with E-state index in [9.17, 15) is 0 Å². The SMILES string of the molecule is c1ccc(-c2ccc(-c3nc(-c4ccccc4)nc(-n4c5ccccc5c5cc(-c6ccc7c(c6)C(c6ccccc6)(c6ccccc6)c6ccccc6-7)ccc54)n3)cc2)cc1. The van der Waals surface area contributed by atoms with Gasteiger partial charge in [0.05, 0.1) is 16.4 Å². The van der Waals surface area contributed by atoms with Crippen LogP contribution in [0.5, 0.6) is 0 Å². The van der Waals surface area contributed by atoms with Crippen LogP contribution in [0, 0.1) is 0 Å². The van der Waals surface area contributed by atoms with E-state index in [1.807, 2.05) is 24.3 Å². The van der Waals surface area contributed by atoms with Crippen LogP contribution in [0.25, 0.3) is 83.9 Å². The van der Waals surface area contributed by atoms with Crippen molar-refractivity contribution in [1.29, 1.82) is 0 Å². The molecule has 62 heavy (non-hydrogen) atoms. The Balaban J connectivity index is 1.03. The first-order valence-electron chi connectivity index (χ1n) is 21.1. The standard InChI is InChI=1S/C58H38N4/c1-5-17-39(18-6-1)40-29-31-42(32-30-40)56-59-55(41-19-7-2-8-20-41)60-57(61-56)62-53-28-16-14-26-49(53)50-37-43(34-36-54(50)62)44-33-35-48-47-25-13-15-27-51(47)58(52(48)38-44,45-21-9-3-10-22-45)46-23-11-4-12-24-46/h1-38H. The van der Waals surface area contributed by atoms with Crippen LogP contribution in [-0.4, -0.2) is 19.5 Å². The number of rotatable bonds is 7. The predicted molar refractivity (Wildman–Crippen MR) is 253 cm³/mol.